The van der Waals surface area contributed by atoms with Crippen molar-refractivity contribution in [2.45, 2.75) is 4.90 Å². The van der Waals surface area contributed by atoms with Gasteiger partial charge in [-0.3, -0.25) is 10.1 Å². The van der Waals surface area contributed by atoms with Crippen LogP contribution < -0.4 is 0 Å². The van der Waals surface area contributed by atoms with Gasteiger partial charge in [-0.25, -0.2) is 8.42 Å². The Balaban J connectivity index is 3.43. The molecule has 1 aromatic rings. The predicted octanol–water partition coefficient (Wildman–Crippen LogP) is 1.59. The maximum Gasteiger partial charge on any atom is 0.286 e. The fourth-order valence-corrected chi connectivity index (χ4v) is 1.84. The third-order valence-electron chi connectivity index (χ3n) is 1.88. The number of benzene rings is 1. The third kappa shape index (κ3) is 3.44. The molecule has 0 aromatic heterocycles. The maximum atomic E-state index is 11.3. The molecule has 0 saturated heterocycles. The molecule has 0 heterocycles. The number of rotatable bonds is 2. The van der Waals surface area contributed by atoms with E-state index in [9.17, 15) is 18.5 Å². The second-order valence-corrected chi connectivity index (χ2v) is 5.43. The van der Waals surface area contributed by atoms with Crippen LogP contribution >= 0.6 is 11.6 Å². The Morgan fingerprint density at radius 3 is 2.59 bits per heavy atom. The van der Waals surface area contributed by atoms with Crippen molar-refractivity contribution in [3.8, 4) is 11.8 Å². The molecule has 7 heteroatoms. The van der Waals surface area contributed by atoms with Gasteiger partial charge in [-0.15, -0.1) is 11.6 Å². The zero-order valence-corrected chi connectivity index (χ0v) is 10.4. The van der Waals surface area contributed by atoms with E-state index >= 15 is 0 Å². The highest BCUT2D eigenvalue weighted by atomic mass is 35.5. The summed E-state index contributed by atoms with van der Waals surface area (Å²) in [6.45, 7) is 0. The van der Waals surface area contributed by atoms with Crippen LogP contribution in [0.1, 0.15) is 5.56 Å². The van der Waals surface area contributed by atoms with Crippen LogP contribution in [-0.4, -0.2) is 25.5 Å². The summed E-state index contributed by atoms with van der Waals surface area (Å²) in [5, 5.41) is 10.8. The number of hydrogen-bond donors (Lipinski definition) is 0. The lowest BCUT2D eigenvalue weighted by Gasteiger charge is -2.00. The Labute approximate surface area is 103 Å². The number of nitrogens with zero attached hydrogens (tertiary/aromatic N) is 1. The first-order chi connectivity index (χ1) is 7.86. The zero-order chi connectivity index (χ0) is 13.1. The Kier molecular flexibility index (Phi) is 4.10. The minimum atomic E-state index is -3.47. The monoisotopic (exact) mass is 273 g/mol. The van der Waals surface area contributed by atoms with Crippen LogP contribution in [0.5, 0.6) is 0 Å². The van der Waals surface area contributed by atoms with Crippen LogP contribution in [0.4, 0.5) is 5.69 Å². The largest absolute Gasteiger partial charge is 0.286 e. The summed E-state index contributed by atoms with van der Waals surface area (Å²) in [6, 6.07) is 3.57. The normalized spacial score (nSPS) is 10.5. The Morgan fingerprint density at radius 1 is 1.47 bits per heavy atom. The molecule has 0 fully saturated rings. The van der Waals surface area contributed by atoms with Gasteiger partial charge in [0.1, 0.15) is 5.56 Å². The van der Waals surface area contributed by atoms with Crippen molar-refractivity contribution in [3.63, 3.8) is 0 Å². The second-order valence-electron chi connectivity index (χ2n) is 3.14. The van der Waals surface area contributed by atoms with Crippen LogP contribution in [0.25, 0.3) is 0 Å². The summed E-state index contributed by atoms with van der Waals surface area (Å²) < 4.78 is 22.5. The van der Waals surface area contributed by atoms with Gasteiger partial charge in [0.2, 0.25) is 0 Å². The van der Waals surface area contributed by atoms with E-state index in [-0.39, 0.29) is 22.0 Å². The lowest BCUT2D eigenvalue weighted by Crippen LogP contribution is -2.00. The number of alkyl halides is 1. The average Bonchev–Trinajstić information content (AvgIpc) is 2.24. The van der Waals surface area contributed by atoms with Gasteiger partial charge in [-0.2, -0.15) is 0 Å². The number of nitro groups is 1. The first-order valence-electron chi connectivity index (χ1n) is 4.39. The molecule has 0 radical (unpaired) electrons. The van der Waals surface area contributed by atoms with Crippen molar-refractivity contribution >= 4 is 27.1 Å². The smallest absolute Gasteiger partial charge is 0.258 e. The molecule has 0 bridgehead atoms. The van der Waals surface area contributed by atoms with E-state index in [2.05, 4.69) is 11.8 Å². The summed E-state index contributed by atoms with van der Waals surface area (Å²) in [4.78, 5) is 9.99. The summed E-state index contributed by atoms with van der Waals surface area (Å²) >= 11 is 5.35. The standard InChI is InChI=1S/C10H8ClNO4S/c1-17(15,16)9-5-4-8(3-2-6-11)10(7-9)12(13)14/h4-5,7H,6H2,1H3. The fourth-order valence-electron chi connectivity index (χ4n) is 1.13. The Hall–Kier alpha value is -1.58. The van der Waals surface area contributed by atoms with Gasteiger partial charge in [-0.05, 0) is 12.1 Å². The highest BCUT2D eigenvalue weighted by Gasteiger charge is 2.17. The molecule has 0 aliphatic carbocycles. The van der Waals surface area contributed by atoms with Gasteiger partial charge in [0.15, 0.2) is 9.84 Å². The molecule has 0 amide bonds. The average molecular weight is 274 g/mol. The van der Waals surface area contributed by atoms with Crippen molar-refractivity contribution in [1.82, 2.24) is 0 Å². The number of sulfone groups is 1. The van der Waals surface area contributed by atoms with E-state index in [4.69, 9.17) is 11.6 Å². The van der Waals surface area contributed by atoms with Gasteiger partial charge in [0, 0.05) is 12.3 Å². The fraction of sp³-hybridized carbons (Fsp3) is 0.200. The van der Waals surface area contributed by atoms with Gasteiger partial charge < -0.3 is 0 Å². The lowest BCUT2D eigenvalue weighted by atomic mass is 10.2. The van der Waals surface area contributed by atoms with Gasteiger partial charge >= 0.3 is 0 Å². The van der Waals surface area contributed by atoms with Crippen molar-refractivity contribution in [1.29, 1.82) is 0 Å². The maximum absolute atomic E-state index is 11.3. The molecule has 0 aliphatic rings. The molecule has 1 rings (SSSR count). The predicted molar refractivity (Wildman–Crippen MR) is 63.8 cm³/mol. The van der Waals surface area contributed by atoms with E-state index in [1.54, 1.807) is 0 Å². The molecule has 17 heavy (non-hydrogen) atoms. The molecular weight excluding hydrogens is 266 g/mol. The molecule has 0 N–H and O–H groups in total. The molecule has 0 spiro atoms. The minimum Gasteiger partial charge on any atom is -0.258 e. The summed E-state index contributed by atoms with van der Waals surface area (Å²) in [5.74, 6) is 5.03. The summed E-state index contributed by atoms with van der Waals surface area (Å²) in [7, 11) is -3.47. The highest BCUT2D eigenvalue weighted by Crippen LogP contribution is 2.22. The van der Waals surface area contributed by atoms with Crippen LogP contribution in [0.2, 0.25) is 0 Å². The second kappa shape index (κ2) is 5.17. The van der Waals surface area contributed by atoms with Crippen LogP contribution in [0.3, 0.4) is 0 Å². The van der Waals surface area contributed by atoms with Crippen molar-refractivity contribution < 1.29 is 13.3 Å². The summed E-state index contributed by atoms with van der Waals surface area (Å²) in [6.07, 6.45) is 0.982. The molecule has 0 aliphatic heterocycles. The number of halogens is 1. The third-order valence-corrected chi connectivity index (χ3v) is 3.13. The molecule has 0 unspecified atom stereocenters. The van der Waals surface area contributed by atoms with Crippen molar-refractivity contribution in [3.05, 3.63) is 33.9 Å². The molecular formula is C10H8ClNO4S. The summed E-state index contributed by atoms with van der Waals surface area (Å²) in [5.41, 5.74) is -0.200. The minimum absolute atomic E-state index is 0.0466. The number of nitro benzene ring substituents is 1. The lowest BCUT2D eigenvalue weighted by molar-refractivity contribution is -0.385. The van der Waals surface area contributed by atoms with Crippen LogP contribution in [-0.2, 0) is 9.84 Å². The van der Waals surface area contributed by atoms with Crippen molar-refractivity contribution in [2.75, 3.05) is 12.1 Å². The van der Waals surface area contributed by atoms with Gasteiger partial charge in [0.25, 0.3) is 5.69 Å². The zero-order valence-electron chi connectivity index (χ0n) is 8.81. The van der Waals surface area contributed by atoms with Crippen molar-refractivity contribution in [2.24, 2.45) is 0 Å². The topological polar surface area (TPSA) is 77.3 Å². The van der Waals surface area contributed by atoms with E-state index in [1.165, 1.54) is 12.1 Å². The van der Waals surface area contributed by atoms with E-state index in [0.29, 0.717) is 0 Å². The van der Waals surface area contributed by atoms with Crippen LogP contribution in [0.15, 0.2) is 23.1 Å². The molecule has 1 aromatic carbocycles. The van der Waals surface area contributed by atoms with Gasteiger partial charge in [0.05, 0.1) is 15.7 Å². The number of hydrogen-bond acceptors (Lipinski definition) is 4. The Bertz CT molecular complexity index is 613. The van der Waals surface area contributed by atoms with E-state index in [0.717, 1.165) is 12.3 Å². The van der Waals surface area contributed by atoms with Crippen LogP contribution in [0, 0.1) is 22.0 Å². The SMILES string of the molecule is CS(=O)(=O)c1ccc(C#CCCl)c([N+](=O)[O-])c1. The Morgan fingerprint density at radius 2 is 2.12 bits per heavy atom. The first kappa shape index (κ1) is 13.5. The van der Waals surface area contributed by atoms with E-state index in [1.807, 2.05) is 0 Å². The highest BCUT2D eigenvalue weighted by molar-refractivity contribution is 7.90. The van der Waals surface area contributed by atoms with Gasteiger partial charge in [-0.1, -0.05) is 11.8 Å². The molecule has 0 atom stereocenters. The quantitative estimate of drug-likeness (QED) is 0.355. The molecule has 5 nitrogen and oxygen atoms in total. The molecule has 0 saturated carbocycles. The first-order valence-corrected chi connectivity index (χ1v) is 6.82. The van der Waals surface area contributed by atoms with E-state index < -0.39 is 14.8 Å². The molecule has 90 valence electrons.